The highest BCUT2D eigenvalue weighted by Crippen LogP contribution is 2.23. The second-order valence-electron chi connectivity index (χ2n) is 4.71. The average molecular weight is 337 g/mol. The van der Waals surface area contributed by atoms with Crippen molar-refractivity contribution in [2.75, 3.05) is 5.32 Å². The molecule has 0 heterocycles. The number of para-hydroxylation sites is 1. The molecule has 6 heteroatoms. The second-order valence-corrected chi connectivity index (χ2v) is 5.52. The van der Waals surface area contributed by atoms with Crippen LogP contribution in [0.15, 0.2) is 42.5 Å². The van der Waals surface area contributed by atoms with Crippen molar-refractivity contribution in [2.45, 2.75) is 12.8 Å². The van der Waals surface area contributed by atoms with Gasteiger partial charge in [-0.05, 0) is 36.2 Å². The number of nitrogens with two attached hydrogens (primary N) is 1. The largest absolute Gasteiger partial charge is 0.366 e. The zero-order chi connectivity index (χ0) is 16.1. The summed E-state index contributed by atoms with van der Waals surface area (Å²) >= 11 is 11.8. The fourth-order valence-electron chi connectivity index (χ4n) is 1.97. The van der Waals surface area contributed by atoms with E-state index < -0.39 is 5.91 Å². The molecule has 0 aliphatic heterocycles. The van der Waals surface area contributed by atoms with Crippen LogP contribution in [0.5, 0.6) is 0 Å². The van der Waals surface area contributed by atoms with E-state index in [9.17, 15) is 9.59 Å². The standard InChI is InChI=1S/C16H14Cl2N2O2/c17-12-7-5-10(9-13(12)18)6-8-15(21)20-14-4-2-1-3-11(14)16(19)22/h1-5,7,9H,6,8H2,(H2,19,22)(H,20,21). The third-order valence-electron chi connectivity index (χ3n) is 3.09. The molecule has 0 fully saturated rings. The van der Waals surface area contributed by atoms with Gasteiger partial charge >= 0.3 is 0 Å². The summed E-state index contributed by atoms with van der Waals surface area (Å²) in [5, 5.41) is 3.62. The topological polar surface area (TPSA) is 72.2 Å². The van der Waals surface area contributed by atoms with Crippen molar-refractivity contribution in [3.63, 3.8) is 0 Å². The quantitative estimate of drug-likeness (QED) is 0.874. The summed E-state index contributed by atoms with van der Waals surface area (Å²) in [7, 11) is 0. The molecule has 0 spiro atoms. The highest BCUT2D eigenvalue weighted by molar-refractivity contribution is 6.42. The number of nitrogens with one attached hydrogen (secondary N) is 1. The maximum atomic E-state index is 12.0. The first-order valence-corrected chi connectivity index (χ1v) is 7.35. The van der Waals surface area contributed by atoms with Gasteiger partial charge in [0.1, 0.15) is 0 Å². The fraction of sp³-hybridized carbons (Fsp3) is 0.125. The number of anilines is 1. The Kier molecular flexibility index (Phi) is 5.41. The minimum atomic E-state index is -0.583. The monoisotopic (exact) mass is 336 g/mol. The van der Waals surface area contributed by atoms with E-state index in [1.165, 1.54) is 0 Å². The Hall–Kier alpha value is -2.04. The molecule has 0 unspecified atom stereocenters. The van der Waals surface area contributed by atoms with Gasteiger partial charge in [0.05, 0.1) is 21.3 Å². The van der Waals surface area contributed by atoms with Crippen LogP contribution in [0.25, 0.3) is 0 Å². The molecule has 2 rings (SSSR count). The molecule has 0 aliphatic carbocycles. The van der Waals surface area contributed by atoms with Crippen LogP contribution in [0.1, 0.15) is 22.3 Å². The molecule has 4 nitrogen and oxygen atoms in total. The molecule has 0 atom stereocenters. The summed E-state index contributed by atoms with van der Waals surface area (Å²) in [6, 6.07) is 11.9. The smallest absolute Gasteiger partial charge is 0.250 e. The van der Waals surface area contributed by atoms with Crippen LogP contribution in [-0.4, -0.2) is 11.8 Å². The summed E-state index contributed by atoms with van der Waals surface area (Å²) in [5.74, 6) is -0.792. The molecule has 2 aromatic rings. The number of carbonyl (C=O) groups is 2. The zero-order valence-electron chi connectivity index (χ0n) is 11.6. The molecule has 114 valence electrons. The molecule has 0 bridgehead atoms. The number of primary amides is 1. The van der Waals surface area contributed by atoms with Gasteiger partial charge in [-0.3, -0.25) is 9.59 Å². The maximum absolute atomic E-state index is 12.0. The number of amides is 2. The summed E-state index contributed by atoms with van der Waals surface area (Å²) < 4.78 is 0. The SMILES string of the molecule is NC(=O)c1ccccc1NC(=O)CCc1ccc(Cl)c(Cl)c1. The van der Waals surface area contributed by atoms with Gasteiger partial charge < -0.3 is 11.1 Å². The Morgan fingerprint density at radius 2 is 1.77 bits per heavy atom. The zero-order valence-corrected chi connectivity index (χ0v) is 13.1. The van der Waals surface area contributed by atoms with Crippen LogP contribution in [0, 0.1) is 0 Å². The summed E-state index contributed by atoms with van der Waals surface area (Å²) in [4.78, 5) is 23.3. The molecule has 2 aromatic carbocycles. The van der Waals surface area contributed by atoms with Gasteiger partial charge in [0, 0.05) is 6.42 Å². The summed E-state index contributed by atoms with van der Waals surface area (Å²) in [6.07, 6.45) is 0.770. The molecule has 2 amide bonds. The fourth-order valence-corrected chi connectivity index (χ4v) is 2.29. The van der Waals surface area contributed by atoms with E-state index >= 15 is 0 Å². The van der Waals surface area contributed by atoms with E-state index in [2.05, 4.69) is 5.32 Å². The third-order valence-corrected chi connectivity index (χ3v) is 3.83. The van der Waals surface area contributed by atoms with Crippen molar-refractivity contribution < 1.29 is 9.59 Å². The van der Waals surface area contributed by atoms with Crippen molar-refractivity contribution in [3.05, 3.63) is 63.6 Å². The number of halogens is 2. The Balaban J connectivity index is 1.99. The van der Waals surface area contributed by atoms with E-state index in [4.69, 9.17) is 28.9 Å². The molecular formula is C16H14Cl2N2O2. The molecule has 0 radical (unpaired) electrons. The number of benzene rings is 2. The van der Waals surface area contributed by atoms with Gasteiger partial charge in [-0.1, -0.05) is 41.4 Å². The van der Waals surface area contributed by atoms with E-state index in [0.717, 1.165) is 5.56 Å². The van der Waals surface area contributed by atoms with E-state index in [-0.39, 0.29) is 17.9 Å². The van der Waals surface area contributed by atoms with Crippen LogP contribution in [0.2, 0.25) is 10.0 Å². The van der Waals surface area contributed by atoms with Crippen LogP contribution in [-0.2, 0) is 11.2 Å². The maximum Gasteiger partial charge on any atom is 0.250 e. The Labute approximate surface area is 138 Å². The number of carbonyl (C=O) groups excluding carboxylic acids is 2. The van der Waals surface area contributed by atoms with Crippen molar-refractivity contribution in [2.24, 2.45) is 5.73 Å². The minimum absolute atomic E-state index is 0.209. The molecule has 0 saturated carbocycles. The van der Waals surface area contributed by atoms with E-state index in [1.807, 2.05) is 6.07 Å². The lowest BCUT2D eigenvalue weighted by Crippen LogP contribution is -2.18. The highest BCUT2D eigenvalue weighted by atomic mass is 35.5. The molecule has 0 saturated heterocycles. The van der Waals surface area contributed by atoms with Crippen LogP contribution in [0.4, 0.5) is 5.69 Å². The minimum Gasteiger partial charge on any atom is -0.366 e. The average Bonchev–Trinajstić information content (AvgIpc) is 2.49. The summed E-state index contributed by atoms with van der Waals surface area (Å²) in [6.45, 7) is 0. The van der Waals surface area contributed by atoms with Crippen LogP contribution in [0.3, 0.4) is 0 Å². The van der Waals surface area contributed by atoms with Crippen molar-refractivity contribution >= 4 is 40.7 Å². The molecule has 0 aliphatic rings. The van der Waals surface area contributed by atoms with Crippen LogP contribution < -0.4 is 11.1 Å². The van der Waals surface area contributed by atoms with Gasteiger partial charge in [0.2, 0.25) is 5.91 Å². The lowest BCUT2D eigenvalue weighted by Gasteiger charge is -2.09. The number of rotatable bonds is 5. The lowest BCUT2D eigenvalue weighted by molar-refractivity contribution is -0.116. The highest BCUT2D eigenvalue weighted by Gasteiger charge is 2.10. The predicted molar refractivity (Wildman–Crippen MR) is 88.4 cm³/mol. The Morgan fingerprint density at radius 1 is 1.05 bits per heavy atom. The lowest BCUT2D eigenvalue weighted by atomic mass is 10.1. The van der Waals surface area contributed by atoms with Gasteiger partial charge in [0.15, 0.2) is 0 Å². The first-order valence-electron chi connectivity index (χ1n) is 6.60. The number of hydrogen-bond donors (Lipinski definition) is 2. The normalized spacial score (nSPS) is 10.3. The number of hydrogen-bond acceptors (Lipinski definition) is 2. The Morgan fingerprint density at radius 3 is 2.45 bits per heavy atom. The second kappa shape index (κ2) is 7.29. The van der Waals surface area contributed by atoms with Crippen molar-refractivity contribution in [3.8, 4) is 0 Å². The molecule has 3 N–H and O–H groups in total. The van der Waals surface area contributed by atoms with E-state index in [1.54, 1.807) is 36.4 Å². The first-order chi connectivity index (χ1) is 10.5. The van der Waals surface area contributed by atoms with Gasteiger partial charge in [-0.2, -0.15) is 0 Å². The first kappa shape index (κ1) is 16.3. The van der Waals surface area contributed by atoms with E-state index in [0.29, 0.717) is 22.2 Å². The van der Waals surface area contributed by atoms with Crippen molar-refractivity contribution in [1.82, 2.24) is 0 Å². The van der Waals surface area contributed by atoms with Crippen LogP contribution >= 0.6 is 23.2 Å². The third kappa shape index (κ3) is 4.23. The molecule has 22 heavy (non-hydrogen) atoms. The predicted octanol–water partition coefficient (Wildman–Crippen LogP) is 3.66. The van der Waals surface area contributed by atoms with Gasteiger partial charge in [0.25, 0.3) is 5.91 Å². The van der Waals surface area contributed by atoms with Gasteiger partial charge in [-0.25, -0.2) is 0 Å². The Bertz CT molecular complexity index is 717. The molecule has 0 aromatic heterocycles. The molecular weight excluding hydrogens is 323 g/mol. The number of aryl methyl sites for hydroxylation is 1. The van der Waals surface area contributed by atoms with Crippen molar-refractivity contribution in [1.29, 1.82) is 0 Å². The summed E-state index contributed by atoms with van der Waals surface area (Å²) in [5.41, 5.74) is 6.87. The van der Waals surface area contributed by atoms with Gasteiger partial charge in [-0.15, -0.1) is 0 Å².